The minimum Gasteiger partial charge on any atom is -0.454 e. The molecule has 0 saturated heterocycles. The SMILES string of the molecule is CCS(=O)(=O)c1ncccc1CNc1cccc(Oc2ccc(F)cc2F)c1. The van der Waals surface area contributed by atoms with E-state index < -0.39 is 21.5 Å². The predicted molar refractivity (Wildman–Crippen MR) is 102 cm³/mol. The average Bonchev–Trinajstić information content (AvgIpc) is 2.69. The number of nitrogens with one attached hydrogen (secondary N) is 1. The fourth-order valence-electron chi connectivity index (χ4n) is 2.53. The van der Waals surface area contributed by atoms with Crippen LogP contribution in [-0.2, 0) is 16.4 Å². The van der Waals surface area contributed by atoms with Gasteiger partial charge >= 0.3 is 0 Å². The zero-order valence-electron chi connectivity index (χ0n) is 15.0. The van der Waals surface area contributed by atoms with Crippen LogP contribution in [0.5, 0.6) is 11.5 Å². The number of aromatic nitrogens is 1. The van der Waals surface area contributed by atoms with Crippen LogP contribution in [0.3, 0.4) is 0 Å². The van der Waals surface area contributed by atoms with E-state index in [1.807, 2.05) is 0 Å². The normalized spacial score (nSPS) is 11.2. The minimum atomic E-state index is -3.44. The molecular weight excluding hydrogens is 386 g/mol. The smallest absolute Gasteiger partial charge is 0.195 e. The van der Waals surface area contributed by atoms with Gasteiger partial charge in [0.15, 0.2) is 26.4 Å². The highest BCUT2D eigenvalue weighted by atomic mass is 32.2. The molecule has 0 radical (unpaired) electrons. The fraction of sp³-hybridized carbons (Fsp3) is 0.150. The summed E-state index contributed by atoms with van der Waals surface area (Å²) in [4.78, 5) is 4.00. The highest BCUT2D eigenvalue weighted by Crippen LogP contribution is 2.27. The number of benzene rings is 2. The van der Waals surface area contributed by atoms with Crippen LogP contribution in [0.25, 0.3) is 0 Å². The summed E-state index contributed by atoms with van der Waals surface area (Å²) in [6.07, 6.45) is 1.44. The Labute approximate surface area is 161 Å². The van der Waals surface area contributed by atoms with Gasteiger partial charge < -0.3 is 10.1 Å². The van der Waals surface area contributed by atoms with E-state index in [2.05, 4.69) is 10.3 Å². The van der Waals surface area contributed by atoms with Gasteiger partial charge in [-0.1, -0.05) is 19.1 Å². The molecule has 0 fully saturated rings. The highest BCUT2D eigenvalue weighted by Gasteiger charge is 2.17. The van der Waals surface area contributed by atoms with E-state index in [1.54, 1.807) is 43.3 Å². The summed E-state index contributed by atoms with van der Waals surface area (Å²) in [5, 5.41) is 3.16. The summed E-state index contributed by atoms with van der Waals surface area (Å²) in [7, 11) is -3.44. The molecule has 146 valence electrons. The van der Waals surface area contributed by atoms with E-state index in [4.69, 9.17) is 4.74 Å². The van der Waals surface area contributed by atoms with E-state index in [9.17, 15) is 17.2 Å². The van der Waals surface area contributed by atoms with Crippen molar-refractivity contribution in [1.82, 2.24) is 4.98 Å². The van der Waals surface area contributed by atoms with Gasteiger partial charge in [0.1, 0.15) is 11.6 Å². The molecule has 0 amide bonds. The molecule has 3 rings (SSSR count). The number of halogens is 2. The van der Waals surface area contributed by atoms with Crippen molar-refractivity contribution in [3.8, 4) is 11.5 Å². The van der Waals surface area contributed by atoms with Crippen molar-refractivity contribution in [3.63, 3.8) is 0 Å². The van der Waals surface area contributed by atoms with Crippen molar-refractivity contribution in [2.75, 3.05) is 11.1 Å². The van der Waals surface area contributed by atoms with E-state index >= 15 is 0 Å². The van der Waals surface area contributed by atoms with Crippen LogP contribution >= 0.6 is 0 Å². The van der Waals surface area contributed by atoms with Gasteiger partial charge in [0.05, 0.1) is 5.75 Å². The molecule has 0 bridgehead atoms. The molecule has 0 aliphatic rings. The lowest BCUT2D eigenvalue weighted by atomic mass is 10.2. The number of nitrogens with zero attached hydrogens (tertiary/aromatic N) is 1. The third kappa shape index (κ3) is 4.64. The Morgan fingerprint density at radius 2 is 1.89 bits per heavy atom. The van der Waals surface area contributed by atoms with Crippen molar-refractivity contribution < 1.29 is 21.9 Å². The van der Waals surface area contributed by atoms with E-state index in [0.717, 1.165) is 12.1 Å². The van der Waals surface area contributed by atoms with Crippen LogP contribution in [0.1, 0.15) is 12.5 Å². The number of hydrogen-bond acceptors (Lipinski definition) is 5. The first-order valence-corrected chi connectivity index (χ1v) is 10.2. The third-order valence-corrected chi connectivity index (χ3v) is 5.68. The molecule has 0 atom stereocenters. The molecule has 3 aromatic rings. The summed E-state index contributed by atoms with van der Waals surface area (Å²) in [6.45, 7) is 1.80. The largest absolute Gasteiger partial charge is 0.454 e. The molecule has 1 N–H and O–H groups in total. The molecule has 1 heterocycles. The maximum absolute atomic E-state index is 13.8. The topological polar surface area (TPSA) is 68.3 Å². The Hall–Kier alpha value is -3.00. The molecule has 5 nitrogen and oxygen atoms in total. The van der Waals surface area contributed by atoms with Crippen LogP contribution in [-0.4, -0.2) is 19.2 Å². The molecule has 0 saturated carbocycles. The summed E-state index contributed by atoms with van der Waals surface area (Å²) in [5.41, 5.74) is 1.18. The van der Waals surface area contributed by atoms with Gasteiger partial charge in [-0.25, -0.2) is 22.2 Å². The van der Waals surface area contributed by atoms with E-state index in [0.29, 0.717) is 17.0 Å². The Kier molecular flexibility index (Phi) is 5.89. The zero-order chi connectivity index (χ0) is 20.1. The van der Waals surface area contributed by atoms with Crippen molar-refractivity contribution in [2.45, 2.75) is 18.5 Å². The van der Waals surface area contributed by atoms with Crippen molar-refractivity contribution in [3.05, 3.63) is 78.0 Å². The molecule has 0 spiro atoms. The number of hydrogen-bond donors (Lipinski definition) is 1. The van der Waals surface area contributed by atoms with Crippen LogP contribution < -0.4 is 10.1 Å². The Balaban J connectivity index is 1.76. The van der Waals surface area contributed by atoms with Gasteiger partial charge in [-0.2, -0.15) is 0 Å². The second-order valence-corrected chi connectivity index (χ2v) is 8.12. The molecule has 8 heteroatoms. The highest BCUT2D eigenvalue weighted by molar-refractivity contribution is 7.91. The molecule has 0 aliphatic heterocycles. The van der Waals surface area contributed by atoms with Gasteiger partial charge in [0, 0.05) is 36.1 Å². The van der Waals surface area contributed by atoms with Crippen molar-refractivity contribution in [1.29, 1.82) is 0 Å². The van der Waals surface area contributed by atoms with Crippen LogP contribution in [0, 0.1) is 11.6 Å². The maximum Gasteiger partial charge on any atom is 0.195 e. The van der Waals surface area contributed by atoms with Crippen molar-refractivity contribution in [2.24, 2.45) is 0 Å². The zero-order valence-corrected chi connectivity index (χ0v) is 15.8. The lowest BCUT2D eigenvalue weighted by Gasteiger charge is -2.12. The monoisotopic (exact) mass is 404 g/mol. The first kappa shape index (κ1) is 19.8. The maximum atomic E-state index is 13.8. The van der Waals surface area contributed by atoms with Crippen LogP contribution in [0.15, 0.2) is 65.8 Å². The van der Waals surface area contributed by atoms with Crippen LogP contribution in [0.2, 0.25) is 0 Å². The predicted octanol–water partition coefficient (Wildman–Crippen LogP) is 4.56. The number of rotatable bonds is 7. The molecule has 1 aromatic heterocycles. The number of sulfone groups is 1. The molecule has 28 heavy (non-hydrogen) atoms. The Bertz CT molecular complexity index is 1090. The first-order chi connectivity index (χ1) is 13.4. The first-order valence-electron chi connectivity index (χ1n) is 8.52. The molecular formula is C20H18F2N2O3S. The second-order valence-electron chi connectivity index (χ2n) is 5.93. The fourth-order valence-corrected chi connectivity index (χ4v) is 3.56. The van der Waals surface area contributed by atoms with Gasteiger partial charge in [0.25, 0.3) is 0 Å². The van der Waals surface area contributed by atoms with Gasteiger partial charge in [-0.3, -0.25) is 0 Å². The minimum absolute atomic E-state index is 0.0381. The Morgan fingerprint density at radius 3 is 2.64 bits per heavy atom. The Morgan fingerprint density at radius 1 is 1.07 bits per heavy atom. The van der Waals surface area contributed by atoms with Gasteiger partial charge in [-0.15, -0.1) is 0 Å². The lowest BCUT2D eigenvalue weighted by Crippen LogP contribution is -2.12. The summed E-state index contributed by atoms with van der Waals surface area (Å²) in [5.74, 6) is -1.27. The average molecular weight is 404 g/mol. The van der Waals surface area contributed by atoms with Gasteiger partial charge in [0.2, 0.25) is 0 Å². The van der Waals surface area contributed by atoms with Crippen molar-refractivity contribution >= 4 is 15.5 Å². The quantitative estimate of drug-likeness (QED) is 0.625. The molecule has 0 aliphatic carbocycles. The lowest BCUT2D eigenvalue weighted by molar-refractivity contribution is 0.438. The van der Waals surface area contributed by atoms with E-state index in [-0.39, 0.29) is 23.1 Å². The van der Waals surface area contributed by atoms with Crippen LogP contribution in [0.4, 0.5) is 14.5 Å². The number of pyridine rings is 1. The number of anilines is 1. The standard InChI is InChI=1S/C20H18F2N2O3S/c1-2-28(25,26)20-14(5-4-10-23-20)13-24-16-6-3-7-17(12-16)27-19-9-8-15(21)11-18(19)22/h3-12,24H,2,13H2,1H3. The second kappa shape index (κ2) is 8.35. The number of ether oxygens (including phenoxy) is 1. The van der Waals surface area contributed by atoms with Gasteiger partial charge in [-0.05, 0) is 30.3 Å². The molecule has 2 aromatic carbocycles. The summed E-state index contributed by atoms with van der Waals surface area (Å²) < 4.78 is 56.6. The third-order valence-electron chi connectivity index (χ3n) is 3.96. The summed E-state index contributed by atoms with van der Waals surface area (Å²) >= 11 is 0. The summed E-state index contributed by atoms with van der Waals surface area (Å²) in [6, 6.07) is 13.2. The van der Waals surface area contributed by atoms with E-state index in [1.165, 1.54) is 12.3 Å². The molecule has 0 unspecified atom stereocenters.